The van der Waals surface area contributed by atoms with Crippen LogP contribution in [-0.2, 0) is 11.3 Å². The van der Waals surface area contributed by atoms with Crippen molar-refractivity contribution in [3.8, 4) is 0 Å². The molecule has 0 aliphatic heterocycles. The topological polar surface area (TPSA) is 35.2 Å². The minimum atomic E-state index is -0.265. The van der Waals surface area contributed by atoms with Crippen molar-refractivity contribution in [1.82, 2.24) is 0 Å². The number of thiocarbonyl (C=S) groups is 1. The standard InChI is InChI=1S/C14H18FNOS/c15-13-5-4-11(14(16)18)8-12(13)9-17-7-6-10-2-1-3-10/h4-5,8,10H,1-3,6-7,9H2,(H2,16,18). The molecule has 0 spiro atoms. The molecule has 0 amide bonds. The van der Waals surface area contributed by atoms with Crippen molar-refractivity contribution < 1.29 is 9.13 Å². The van der Waals surface area contributed by atoms with Crippen LogP contribution in [0, 0.1) is 11.7 Å². The third kappa shape index (κ3) is 3.50. The van der Waals surface area contributed by atoms with Crippen LogP contribution in [0.5, 0.6) is 0 Å². The average molecular weight is 267 g/mol. The Morgan fingerprint density at radius 3 is 2.83 bits per heavy atom. The zero-order chi connectivity index (χ0) is 13.0. The SMILES string of the molecule is NC(=S)c1ccc(F)c(COCCC2CCC2)c1. The van der Waals surface area contributed by atoms with Crippen LogP contribution >= 0.6 is 12.2 Å². The smallest absolute Gasteiger partial charge is 0.128 e. The minimum Gasteiger partial charge on any atom is -0.389 e. The highest BCUT2D eigenvalue weighted by molar-refractivity contribution is 7.80. The molecule has 0 radical (unpaired) electrons. The fraction of sp³-hybridized carbons (Fsp3) is 0.500. The van der Waals surface area contributed by atoms with E-state index in [-0.39, 0.29) is 17.4 Å². The van der Waals surface area contributed by atoms with E-state index < -0.39 is 0 Å². The Balaban J connectivity index is 1.83. The molecule has 2 N–H and O–H groups in total. The van der Waals surface area contributed by atoms with E-state index in [0.29, 0.717) is 17.7 Å². The van der Waals surface area contributed by atoms with E-state index in [9.17, 15) is 4.39 Å². The summed E-state index contributed by atoms with van der Waals surface area (Å²) >= 11 is 4.87. The van der Waals surface area contributed by atoms with Crippen LogP contribution in [0.3, 0.4) is 0 Å². The molecule has 1 aliphatic carbocycles. The van der Waals surface area contributed by atoms with Gasteiger partial charge in [-0.05, 0) is 30.5 Å². The molecule has 4 heteroatoms. The molecule has 0 bridgehead atoms. The molecule has 2 nitrogen and oxygen atoms in total. The van der Waals surface area contributed by atoms with Gasteiger partial charge in [0, 0.05) is 17.7 Å². The summed E-state index contributed by atoms with van der Waals surface area (Å²) in [6, 6.07) is 4.65. The Morgan fingerprint density at radius 2 is 2.22 bits per heavy atom. The first-order valence-electron chi connectivity index (χ1n) is 6.33. The van der Waals surface area contributed by atoms with Gasteiger partial charge in [0.2, 0.25) is 0 Å². The maximum absolute atomic E-state index is 13.5. The van der Waals surface area contributed by atoms with Gasteiger partial charge in [-0.25, -0.2) is 4.39 Å². The van der Waals surface area contributed by atoms with E-state index in [1.165, 1.54) is 25.3 Å². The number of ether oxygens (including phenoxy) is 1. The van der Waals surface area contributed by atoms with Crippen LogP contribution in [0.15, 0.2) is 18.2 Å². The van der Waals surface area contributed by atoms with E-state index in [1.54, 1.807) is 12.1 Å². The maximum Gasteiger partial charge on any atom is 0.128 e. The Morgan fingerprint density at radius 1 is 1.44 bits per heavy atom. The van der Waals surface area contributed by atoms with Gasteiger partial charge in [-0.15, -0.1) is 0 Å². The number of hydrogen-bond donors (Lipinski definition) is 1. The van der Waals surface area contributed by atoms with Crippen LogP contribution in [0.4, 0.5) is 4.39 Å². The third-order valence-electron chi connectivity index (χ3n) is 3.48. The van der Waals surface area contributed by atoms with Gasteiger partial charge >= 0.3 is 0 Å². The summed E-state index contributed by atoms with van der Waals surface area (Å²) in [7, 11) is 0. The molecule has 1 fully saturated rings. The molecule has 1 aliphatic rings. The van der Waals surface area contributed by atoms with Gasteiger partial charge in [0.25, 0.3) is 0 Å². The molecule has 2 rings (SSSR count). The Labute approximate surface area is 112 Å². The normalized spacial score (nSPS) is 15.4. The molecule has 18 heavy (non-hydrogen) atoms. The fourth-order valence-electron chi connectivity index (χ4n) is 2.05. The van der Waals surface area contributed by atoms with Gasteiger partial charge in [-0.3, -0.25) is 0 Å². The van der Waals surface area contributed by atoms with E-state index in [1.807, 2.05) is 0 Å². The highest BCUT2D eigenvalue weighted by Crippen LogP contribution is 2.29. The molecule has 0 aromatic heterocycles. The van der Waals surface area contributed by atoms with E-state index >= 15 is 0 Å². The van der Waals surface area contributed by atoms with Gasteiger partial charge in [0.15, 0.2) is 0 Å². The molecule has 1 aromatic rings. The summed E-state index contributed by atoms with van der Waals surface area (Å²) in [6.07, 6.45) is 5.05. The van der Waals surface area contributed by atoms with E-state index in [2.05, 4.69) is 0 Å². The summed E-state index contributed by atoms with van der Waals surface area (Å²) in [5.74, 6) is 0.552. The molecule has 0 unspecified atom stereocenters. The second-order valence-corrected chi connectivity index (χ2v) is 5.25. The first-order chi connectivity index (χ1) is 8.66. The van der Waals surface area contributed by atoms with Crippen LogP contribution in [-0.4, -0.2) is 11.6 Å². The van der Waals surface area contributed by atoms with Crippen LogP contribution < -0.4 is 5.73 Å². The van der Waals surface area contributed by atoms with Crippen molar-refractivity contribution in [1.29, 1.82) is 0 Å². The number of nitrogens with two attached hydrogens (primary N) is 1. The lowest BCUT2D eigenvalue weighted by atomic mass is 9.83. The van der Waals surface area contributed by atoms with Crippen molar-refractivity contribution in [3.05, 3.63) is 35.1 Å². The zero-order valence-corrected chi connectivity index (χ0v) is 11.1. The Kier molecular flexibility index (Phi) is 4.66. The largest absolute Gasteiger partial charge is 0.389 e. The molecule has 98 valence electrons. The van der Waals surface area contributed by atoms with Crippen molar-refractivity contribution >= 4 is 17.2 Å². The van der Waals surface area contributed by atoms with Crippen LogP contribution in [0.1, 0.15) is 36.8 Å². The fourth-order valence-corrected chi connectivity index (χ4v) is 2.18. The third-order valence-corrected chi connectivity index (χ3v) is 3.72. The van der Waals surface area contributed by atoms with Gasteiger partial charge in [-0.1, -0.05) is 31.5 Å². The predicted molar refractivity (Wildman–Crippen MR) is 73.9 cm³/mol. The number of rotatable bonds is 6. The highest BCUT2D eigenvalue weighted by atomic mass is 32.1. The Hall–Kier alpha value is -1.00. The summed E-state index contributed by atoms with van der Waals surface area (Å²) in [6.45, 7) is 0.983. The molecule has 1 aromatic carbocycles. The molecular weight excluding hydrogens is 249 g/mol. The first kappa shape index (κ1) is 13.4. The van der Waals surface area contributed by atoms with Crippen molar-refractivity contribution in [3.63, 3.8) is 0 Å². The minimum absolute atomic E-state index is 0.265. The van der Waals surface area contributed by atoms with Crippen LogP contribution in [0.2, 0.25) is 0 Å². The molecular formula is C14H18FNOS. The van der Waals surface area contributed by atoms with Gasteiger partial charge < -0.3 is 10.5 Å². The van der Waals surface area contributed by atoms with Crippen molar-refractivity contribution in [2.24, 2.45) is 11.7 Å². The van der Waals surface area contributed by atoms with Gasteiger partial charge in [0.1, 0.15) is 10.8 Å². The van der Waals surface area contributed by atoms with Gasteiger partial charge in [0.05, 0.1) is 6.61 Å². The summed E-state index contributed by atoms with van der Waals surface area (Å²) in [5, 5.41) is 0. The monoisotopic (exact) mass is 267 g/mol. The average Bonchev–Trinajstić information content (AvgIpc) is 2.28. The number of halogens is 1. The summed E-state index contributed by atoms with van der Waals surface area (Å²) < 4.78 is 19.0. The lowest BCUT2D eigenvalue weighted by Crippen LogP contribution is -2.14. The summed E-state index contributed by atoms with van der Waals surface area (Å²) in [4.78, 5) is 0.283. The lowest BCUT2D eigenvalue weighted by molar-refractivity contribution is 0.0932. The number of benzene rings is 1. The van der Waals surface area contributed by atoms with Crippen molar-refractivity contribution in [2.75, 3.05) is 6.61 Å². The number of hydrogen-bond acceptors (Lipinski definition) is 2. The predicted octanol–water partition coefficient (Wildman–Crippen LogP) is 3.17. The second-order valence-electron chi connectivity index (χ2n) is 4.81. The first-order valence-corrected chi connectivity index (χ1v) is 6.73. The molecule has 0 atom stereocenters. The van der Waals surface area contributed by atoms with Gasteiger partial charge in [-0.2, -0.15) is 0 Å². The quantitative estimate of drug-likeness (QED) is 0.635. The van der Waals surface area contributed by atoms with Crippen LogP contribution in [0.25, 0.3) is 0 Å². The zero-order valence-electron chi connectivity index (χ0n) is 10.3. The summed E-state index contributed by atoms with van der Waals surface area (Å²) in [5.41, 5.74) is 6.73. The highest BCUT2D eigenvalue weighted by Gasteiger charge is 2.16. The molecule has 0 saturated heterocycles. The second kappa shape index (κ2) is 6.25. The molecule has 0 heterocycles. The van der Waals surface area contributed by atoms with E-state index in [0.717, 1.165) is 12.3 Å². The van der Waals surface area contributed by atoms with E-state index in [4.69, 9.17) is 22.7 Å². The lowest BCUT2D eigenvalue weighted by Gasteiger charge is -2.24. The molecule has 1 saturated carbocycles. The van der Waals surface area contributed by atoms with Crippen molar-refractivity contribution in [2.45, 2.75) is 32.3 Å². The Bertz CT molecular complexity index is 432. The maximum atomic E-state index is 13.5.